The molecule has 24 heavy (non-hydrogen) atoms. The van der Waals surface area contributed by atoms with Crippen LogP contribution in [0, 0.1) is 13.8 Å². The topological polar surface area (TPSA) is 93.0 Å². The number of benzene rings is 1. The van der Waals surface area contributed by atoms with E-state index >= 15 is 0 Å². The minimum absolute atomic E-state index is 0.144. The normalized spacial score (nSPS) is 12.8. The molecule has 0 saturated carbocycles. The SMILES string of the molecule is Cc1n[nH]c(C)c1[C@@H](N)C(=O)NCc1ccccc1OC(F)(F)F. The molecule has 1 aromatic carbocycles. The number of aryl methyl sites for hydroxylation is 2. The molecule has 6 nitrogen and oxygen atoms in total. The summed E-state index contributed by atoms with van der Waals surface area (Å²) in [7, 11) is 0. The Kier molecular flexibility index (Phi) is 5.13. The molecule has 1 heterocycles. The quantitative estimate of drug-likeness (QED) is 0.777. The zero-order valence-corrected chi connectivity index (χ0v) is 13.1. The number of hydrogen-bond acceptors (Lipinski definition) is 4. The Hall–Kier alpha value is -2.55. The van der Waals surface area contributed by atoms with E-state index in [1.165, 1.54) is 18.2 Å². The second-order valence-electron chi connectivity index (χ2n) is 5.20. The standard InChI is InChI=1S/C15H17F3N4O2/c1-8-12(9(2)22-21-8)13(19)14(23)20-7-10-5-3-4-6-11(10)24-15(16,17)18/h3-6,13H,7,19H2,1-2H3,(H,20,23)(H,21,22)/t13-/m1/s1. The van der Waals surface area contributed by atoms with Gasteiger partial charge in [-0.3, -0.25) is 9.89 Å². The highest BCUT2D eigenvalue weighted by Gasteiger charge is 2.32. The van der Waals surface area contributed by atoms with E-state index in [4.69, 9.17) is 5.73 Å². The minimum atomic E-state index is -4.80. The summed E-state index contributed by atoms with van der Waals surface area (Å²) in [5, 5.41) is 9.20. The summed E-state index contributed by atoms with van der Waals surface area (Å²) in [4.78, 5) is 12.2. The van der Waals surface area contributed by atoms with Crippen molar-refractivity contribution in [1.82, 2.24) is 15.5 Å². The van der Waals surface area contributed by atoms with Crippen LogP contribution in [0.2, 0.25) is 0 Å². The Labute approximate surface area is 136 Å². The Balaban J connectivity index is 2.07. The van der Waals surface area contributed by atoms with Crippen molar-refractivity contribution >= 4 is 5.91 Å². The average molecular weight is 342 g/mol. The molecule has 0 aliphatic rings. The van der Waals surface area contributed by atoms with Crippen molar-refractivity contribution in [2.24, 2.45) is 5.73 Å². The monoisotopic (exact) mass is 342 g/mol. The maximum atomic E-state index is 12.4. The minimum Gasteiger partial charge on any atom is -0.405 e. The van der Waals surface area contributed by atoms with Gasteiger partial charge in [0.2, 0.25) is 5.91 Å². The van der Waals surface area contributed by atoms with Gasteiger partial charge in [0, 0.05) is 23.4 Å². The molecular formula is C15H17F3N4O2. The molecule has 0 fully saturated rings. The van der Waals surface area contributed by atoms with Crippen molar-refractivity contribution in [3.05, 3.63) is 46.8 Å². The molecular weight excluding hydrogens is 325 g/mol. The summed E-state index contributed by atoms with van der Waals surface area (Å²) in [5.41, 5.74) is 7.91. The van der Waals surface area contributed by atoms with Crippen LogP contribution >= 0.6 is 0 Å². The highest BCUT2D eigenvalue weighted by atomic mass is 19.4. The lowest BCUT2D eigenvalue weighted by molar-refractivity contribution is -0.274. The van der Waals surface area contributed by atoms with Gasteiger partial charge >= 0.3 is 6.36 Å². The lowest BCUT2D eigenvalue weighted by Crippen LogP contribution is -2.34. The molecule has 1 amide bonds. The van der Waals surface area contributed by atoms with Crippen molar-refractivity contribution in [3.8, 4) is 5.75 Å². The number of carbonyl (C=O) groups excluding carboxylic acids is 1. The summed E-state index contributed by atoms with van der Waals surface area (Å²) in [6, 6.07) is 4.60. The fraction of sp³-hybridized carbons (Fsp3) is 0.333. The molecule has 2 aromatic rings. The molecule has 2 rings (SSSR count). The third kappa shape index (κ3) is 4.25. The first-order chi connectivity index (χ1) is 11.2. The number of nitrogens with zero attached hydrogens (tertiary/aromatic N) is 1. The number of nitrogens with one attached hydrogen (secondary N) is 2. The molecule has 1 aromatic heterocycles. The fourth-order valence-corrected chi connectivity index (χ4v) is 2.32. The Bertz CT molecular complexity index is 708. The van der Waals surface area contributed by atoms with Gasteiger partial charge in [0.15, 0.2) is 0 Å². The van der Waals surface area contributed by atoms with Gasteiger partial charge in [-0.2, -0.15) is 5.10 Å². The predicted molar refractivity (Wildman–Crippen MR) is 80.0 cm³/mol. The predicted octanol–water partition coefficient (Wildman–Crippen LogP) is 2.24. The van der Waals surface area contributed by atoms with Crippen LogP contribution in [0.1, 0.15) is 28.6 Å². The summed E-state index contributed by atoms with van der Waals surface area (Å²) in [6.07, 6.45) is -4.80. The van der Waals surface area contributed by atoms with Gasteiger partial charge in [0.25, 0.3) is 0 Å². The number of amides is 1. The van der Waals surface area contributed by atoms with Crippen LogP contribution in [0.4, 0.5) is 13.2 Å². The van der Waals surface area contributed by atoms with Crippen molar-refractivity contribution in [2.75, 3.05) is 0 Å². The number of aromatic amines is 1. The summed E-state index contributed by atoms with van der Waals surface area (Å²) in [6.45, 7) is 3.29. The lowest BCUT2D eigenvalue weighted by atomic mass is 10.1. The number of carbonyl (C=O) groups is 1. The molecule has 1 atom stereocenters. The number of halogens is 3. The molecule has 4 N–H and O–H groups in total. The molecule has 0 bridgehead atoms. The zero-order valence-electron chi connectivity index (χ0n) is 13.1. The molecule has 0 aliphatic carbocycles. The molecule has 0 spiro atoms. The van der Waals surface area contributed by atoms with Gasteiger partial charge in [-0.05, 0) is 19.9 Å². The molecule has 0 aliphatic heterocycles. The van der Waals surface area contributed by atoms with Gasteiger partial charge in [-0.1, -0.05) is 18.2 Å². The van der Waals surface area contributed by atoms with E-state index in [9.17, 15) is 18.0 Å². The molecule has 0 unspecified atom stereocenters. The number of hydrogen-bond donors (Lipinski definition) is 3. The molecule has 130 valence electrons. The van der Waals surface area contributed by atoms with Crippen molar-refractivity contribution < 1.29 is 22.7 Å². The third-order valence-corrected chi connectivity index (χ3v) is 3.43. The smallest absolute Gasteiger partial charge is 0.405 e. The number of ether oxygens (including phenoxy) is 1. The Morgan fingerprint density at radius 3 is 2.62 bits per heavy atom. The second kappa shape index (κ2) is 6.91. The lowest BCUT2D eigenvalue weighted by Gasteiger charge is -2.15. The molecule has 0 radical (unpaired) electrons. The van der Waals surface area contributed by atoms with Crippen LogP contribution in [0.3, 0.4) is 0 Å². The first-order valence-electron chi connectivity index (χ1n) is 7.07. The summed E-state index contributed by atoms with van der Waals surface area (Å²) < 4.78 is 41.1. The number of nitrogens with two attached hydrogens (primary N) is 1. The van der Waals surface area contributed by atoms with Gasteiger partial charge < -0.3 is 15.8 Å². The number of aromatic nitrogens is 2. The first-order valence-corrected chi connectivity index (χ1v) is 7.07. The van der Waals surface area contributed by atoms with Crippen LogP contribution < -0.4 is 15.8 Å². The largest absolute Gasteiger partial charge is 0.573 e. The maximum Gasteiger partial charge on any atom is 0.573 e. The van der Waals surface area contributed by atoms with E-state index in [0.29, 0.717) is 17.0 Å². The van der Waals surface area contributed by atoms with E-state index in [0.717, 1.165) is 0 Å². The Morgan fingerprint density at radius 1 is 1.38 bits per heavy atom. The van der Waals surface area contributed by atoms with Crippen molar-refractivity contribution in [1.29, 1.82) is 0 Å². The van der Waals surface area contributed by atoms with Gasteiger partial charge in [-0.25, -0.2) is 0 Å². The van der Waals surface area contributed by atoms with Crippen LogP contribution in [0.15, 0.2) is 24.3 Å². The highest BCUT2D eigenvalue weighted by molar-refractivity contribution is 5.83. The van der Waals surface area contributed by atoms with E-state index in [1.54, 1.807) is 19.9 Å². The number of H-pyrrole nitrogens is 1. The van der Waals surface area contributed by atoms with Crippen LogP contribution in [0.5, 0.6) is 5.75 Å². The van der Waals surface area contributed by atoms with Crippen LogP contribution in [-0.2, 0) is 11.3 Å². The van der Waals surface area contributed by atoms with Gasteiger partial charge in [-0.15, -0.1) is 13.2 Å². The number of para-hydroxylation sites is 1. The second-order valence-corrected chi connectivity index (χ2v) is 5.20. The van der Waals surface area contributed by atoms with Crippen LogP contribution in [0.25, 0.3) is 0 Å². The fourth-order valence-electron chi connectivity index (χ4n) is 2.32. The molecule has 9 heteroatoms. The first kappa shape index (κ1) is 17.8. The van der Waals surface area contributed by atoms with Crippen molar-refractivity contribution in [2.45, 2.75) is 32.8 Å². The highest BCUT2D eigenvalue weighted by Crippen LogP contribution is 2.26. The van der Waals surface area contributed by atoms with Crippen LogP contribution in [-0.4, -0.2) is 22.5 Å². The van der Waals surface area contributed by atoms with E-state index < -0.39 is 18.3 Å². The number of alkyl halides is 3. The molecule has 0 saturated heterocycles. The van der Waals surface area contributed by atoms with Crippen molar-refractivity contribution in [3.63, 3.8) is 0 Å². The Morgan fingerprint density at radius 2 is 2.04 bits per heavy atom. The van der Waals surface area contributed by atoms with E-state index in [-0.39, 0.29) is 17.9 Å². The number of rotatable bonds is 5. The maximum absolute atomic E-state index is 12.4. The van der Waals surface area contributed by atoms with Gasteiger partial charge in [0.05, 0.1) is 5.69 Å². The summed E-state index contributed by atoms with van der Waals surface area (Å²) in [5.74, 6) is -0.890. The average Bonchev–Trinajstić information content (AvgIpc) is 2.83. The third-order valence-electron chi connectivity index (χ3n) is 3.43. The zero-order chi connectivity index (χ0) is 17.9. The van der Waals surface area contributed by atoms with Gasteiger partial charge in [0.1, 0.15) is 11.8 Å². The van der Waals surface area contributed by atoms with E-state index in [2.05, 4.69) is 20.3 Å². The summed E-state index contributed by atoms with van der Waals surface area (Å²) >= 11 is 0. The van der Waals surface area contributed by atoms with E-state index in [1.807, 2.05) is 0 Å².